The number of non-ortho nitro benzene ring substituents is 2. The number of hydrogen-bond donors (Lipinski definition) is 4. The average molecular weight is 1330 g/mol. The first-order chi connectivity index (χ1) is 45.2. The number of tetrazole rings is 1. The fourth-order valence-electron chi connectivity index (χ4n) is 8.83. The van der Waals surface area contributed by atoms with Crippen LogP contribution < -0.4 is 20.1 Å². The van der Waals surface area contributed by atoms with Gasteiger partial charge in [-0.15, -0.1) is 15.3 Å². The molecule has 4 N–H and O–H groups in total. The molecule has 0 unspecified atom stereocenters. The Hall–Kier alpha value is -11.4. The summed E-state index contributed by atoms with van der Waals surface area (Å²) in [5.41, 5.74) is 2.96. The standard InChI is InChI=1S/C36H34N6O8S.C27H20N6O8S2/c1-4-31(43)37-28-18-27(19-29(33(28)45)38-34(46)23-12-8-10-22(3)16-23)50-30-15-7-6-11-25(30)21-51-36-39-40-41-42(36)26-14-9-13-24(17-26)35(47)49-20-32(44)48-5-2;1-15-11-23(19-5-3-4-6-20(19)25(15)34)41-22-9-7-17(31(35)36)12-16(22)14-42-26-28-29-27(30(26)2)43-24-10-8-18(32(37)38)13-21(24)33(39)40/h6-19,45H,4-5,20-21H2,1-3H3,(H,37,43)(H,38,46);3-13,34H,14H2,1-2H3. The number of thioether (sulfide) groups is 2. The van der Waals surface area contributed by atoms with Crippen LogP contribution in [0, 0.1) is 44.2 Å². The number of aromatic hydroxyl groups is 2. The molecule has 2 heterocycles. The lowest BCUT2D eigenvalue weighted by atomic mass is 10.0. The highest BCUT2D eigenvalue weighted by molar-refractivity contribution is 7.99. The molecule has 0 aliphatic carbocycles. The van der Waals surface area contributed by atoms with Crippen LogP contribution in [0.4, 0.5) is 28.4 Å². The van der Waals surface area contributed by atoms with Crippen LogP contribution in [0.3, 0.4) is 0 Å². The number of fused-ring (bicyclic) bond motifs is 1. The summed E-state index contributed by atoms with van der Waals surface area (Å²) >= 11 is 3.44. The summed E-state index contributed by atoms with van der Waals surface area (Å²) in [4.78, 5) is 81.9. The number of carbonyl (C=O) groups is 4. The number of aromatic nitrogens is 7. The lowest BCUT2D eigenvalue weighted by Gasteiger charge is -2.16. The van der Waals surface area contributed by atoms with Gasteiger partial charge < -0.3 is 39.8 Å². The van der Waals surface area contributed by atoms with Crippen LogP contribution in [-0.4, -0.2) is 96.9 Å². The number of ether oxygens (including phenoxy) is 4. The van der Waals surface area contributed by atoms with Gasteiger partial charge in [-0.1, -0.05) is 96.7 Å². The van der Waals surface area contributed by atoms with Crippen molar-refractivity contribution in [3.8, 4) is 40.2 Å². The number of aryl methyl sites for hydroxylation is 2. The van der Waals surface area contributed by atoms with Gasteiger partial charge in [-0.25, -0.2) is 9.59 Å². The first kappa shape index (κ1) is 67.0. The summed E-state index contributed by atoms with van der Waals surface area (Å²) in [6.07, 6.45) is 0.166. The van der Waals surface area contributed by atoms with E-state index in [9.17, 15) is 59.7 Å². The number of nitrogens with zero attached hydrogens (tertiary/aromatic N) is 10. The Bertz CT molecular complexity index is 4570. The van der Waals surface area contributed by atoms with Crippen LogP contribution in [0.2, 0.25) is 0 Å². The van der Waals surface area contributed by atoms with Gasteiger partial charge in [0, 0.05) is 82.8 Å². The number of nitro benzene ring substituents is 3. The molecule has 0 radical (unpaired) electrons. The first-order valence-corrected chi connectivity index (χ1v) is 30.9. The summed E-state index contributed by atoms with van der Waals surface area (Å²) in [5.74, 6) is -0.244. The predicted molar refractivity (Wildman–Crippen MR) is 346 cm³/mol. The second-order valence-electron chi connectivity index (χ2n) is 20.0. The maximum Gasteiger partial charge on any atom is 0.344 e. The molecule has 0 saturated heterocycles. The number of nitro groups is 3. The van der Waals surface area contributed by atoms with Crippen molar-refractivity contribution in [3.05, 3.63) is 215 Å². The van der Waals surface area contributed by atoms with E-state index in [-0.39, 0.29) is 69.5 Å². The van der Waals surface area contributed by atoms with E-state index < -0.39 is 50.6 Å². The zero-order valence-corrected chi connectivity index (χ0v) is 52.7. The minimum absolute atomic E-state index is 0.0449. The number of hydrogen-bond acceptors (Lipinski definition) is 24. The Morgan fingerprint density at radius 3 is 2.00 bits per heavy atom. The number of carbonyl (C=O) groups excluding carboxylic acids is 4. The van der Waals surface area contributed by atoms with Crippen molar-refractivity contribution in [1.29, 1.82) is 0 Å². The molecule has 10 rings (SSSR count). The molecule has 2 aromatic heterocycles. The topological polar surface area (TPSA) is 373 Å². The van der Waals surface area contributed by atoms with Gasteiger partial charge in [0.2, 0.25) is 11.1 Å². The van der Waals surface area contributed by atoms with Gasteiger partial charge in [0.05, 0.1) is 55.0 Å². The van der Waals surface area contributed by atoms with Crippen LogP contribution in [0.15, 0.2) is 172 Å². The van der Waals surface area contributed by atoms with Crippen molar-refractivity contribution in [3.63, 3.8) is 0 Å². The monoisotopic (exact) mass is 1330 g/mol. The molecular weight excluding hydrogens is 1280 g/mol. The summed E-state index contributed by atoms with van der Waals surface area (Å²) in [6, 6.07) is 40.1. The van der Waals surface area contributed by atoms with E-state index in [2.05, 4.69) is 36.4 Å². The van der Waals surface area contributed by atoms with E-state index in [1.165, 1.54) is 70.7 Å². The highest BCUT2D eigenvalue weighted by Gasteiger charge is 2.25. The second-order valence-corrected chi connectivity index (χ2v) is 22.9. The average Bonchev–Trinajstić information content (AvgIpc) is 0.924. The Morgan fingerprint density at radius 1 is 0.606 bits per heavy atom. The quantitative estimate of drug-likeness (QED) is 0.0143. The third-order valence-electron chi connectivity index (χ3n) is 13.5. The molecule has 0 fully saturated rings. The summed E-state index contributed by atoms with van der Waals surface area (Å²) in [5, 5.41) is 83.7. The number of para-hydroxylation sites is 1. The largest absolute Gasteiger partial charge is 0.507 e. The van der Waals surface area contributed by atoms with Crippen molar-refractivity contribution < 1.29 is 63.1 Å². The van der Waals surface area contributed by atoms with Crippen LogP contribution in [-0.2, 0) is 37.6 Å². The van der Waals surface area contributed by atoms with E-state index in [1.807, 2.05) is 31.2 Å². The summed E-state index contributed by atoms with van der Waals surface area (Å²) < 4.78 is 25.4. The molecule has 0 spiro atoms. The van der Waals surface area contributed by atoms with Crippen molar-refractivity contribution in [2.45, 2.75) is 66.0 Å². The molecule has 0 aliphatic heterocycles. The van der Waals surface area contributed by atoms with Gasteiger partial charge in [-0.05, 0) is 103 Å². The van der Waals surface area contributed by atoms with E-state index >= 15 is 0 Å². The molecule has 0 saturated carbocycles. The minimum atomic E-state index is -0.713. The molecule has 0 aliphatic rings. The van der Waals surface area contributed by atoms with E-state index in [0.717, 1.165) is 29.0 Å². The van der Waals surface area contributed by atoms with E-state index in [4.69, 9.17) is 18.9 Å². The van der Waals surface area contributed by atoms with E-state index in [0.29, 0.717) is 71.6 Å². The number of anilines is 2. The minimum Gasteiger partial charge on any atom is -0.507 e. The molecule has 10 aromatic rings. The molecule has 31 heteroatoms. The molecule has 28 nitrogen and oxygen atoms in total. The molecule has 2 amide bonds. The van der Waals surface area contributed by atoms with Crippen molar-refractivity contribution in [2.24, 2.45) is 7.05 Å². The lowest BCUT2D eigenvalue weighted by molar-refractivity contribution is -0.396. The third-order valence-corrected chi connectivity index (χ3v) is 16.6. The normalized spacial score (nSPS) is 10.8. The third kappa shape index (κ3) is 16.5. The van der Waals surface area contributed by atoms with Gasteiger partial charge in [-0.2, -0.15) is 4.68 Å². The van der Waals surface area contributed by atoms with Gasteiger partial charge in [0.15, 0.2) is 22.7 Å². The fourth-order valence-corrected chi connectivity index (χ4v) is 11.5. The maximum absolute atomic E-state index is 13.1. The van der Waals surface area contributed by atoms with Crippen LogP contribution in [0.25, 0.3) is 16.5 Å². The number of esters is 2. The molecule has 8 aromatic carbocycles. The number of nitrogens with one attached hydrogen (secondary N) is 2. The molecule has 0 bridgehead atoms. The maximum atomic E-state index is 13.1. The molecule has 94 heavy (non-hydrogen) atoms. The second kappa shape index (κ2) is 30.6. The zero-order chi connectivity index (χ0) is 67.2. The number of benzene rings is 8. The van der Waals surface area contributed by atoms with Crippen LogP contribution in [0.1, 0.15) is 63.2 Å². The van der Waals surface area contributed by atoms with Crippen LogP contribution in [0.5, 0.6) is 34.5 Å². The fraction of sp³-hybridized carbons (Fsp3) is 0.159. The number of phenols is 2. The van der Waals surface area contributed by atoms with Crippen molar-refractivity contribution in [2.75, 3.05) is 23.8 Å². The summed E-state index contributed by atoms with van der Waals surface area (Å²) in [6.45, 7) is 6.61. The highest BCUT2D eigenvalue weighted by Crippen LogP contribution is 2.43. The Morgan fingerprint density at radius 2 is 1.27 bits per heavy atom. The van der Waals surface area contributed by atoms with Gasteiger partial charge in [-0.3, -0.25) is 44.5 Å². The van der Waals surface area contributed by atoms with Gasteiger partial charge in [0.25, 0.3) is 23.0 Å². The van der Waals surface area contributed by atoms with Gasteiger partial charge in [0.1, 0.15) is 28.7 Å². The zero-order valence-electron chi connectivity index (χ0n) is 50.3. The van der Waals surface area contributed by atoms with Crippen molar-refractivity contribution in [1.82, 2.24) is 35.0 Å². The van der Waals surface area contributed by atoms with Gasteiger partial charge >= 0.3 is 11.9 Å². The van der Waals surface area contributed by atoms with Crippen molar-refractivity contribution >= 4 is 98.2 Å². The number of amides is 2. The smallest absolute Gasteiger partial charge is 0.344 e. The van der Waals surface area contributed by atoms with Crippen LogP contribution >= 0.6 is 35.3 Å². The molecule has 480 valence electrons. The first-order valence-electron chi connectivity index (χ1n) is 28.1. The number of phenolic OH excluding ortho intramolecular Hbond substituents is 2. The van der Waals surface area contributed by atoms with E-state index in [1.54, 1.807) is 111 Å². The lowest BCUT2D eigenvalue weighted by Crippen LogP contribution is -2.16. The Balaban J connectivity index is 0.000000224. The highest BCUT2D eigenvalue weighted by atomic mass is 32.2. The summed E-state index contributed by atoms with van der Waals surface area (Å²) in [7, 11) is 1.65. The number of rotatable bonds is 24. The SMILES string of the molecule is CCOC(=O)COC(=O)c1cccc(-n2nnnc2SCc2ccccc2Oc2cc(NC(=O)CC)c(O)c(NC(=O)c3cccc(C)c3)c2)c1.Cc1cc(Oc2ccc([N+](=O)[O-])cc2CSc2nnc(Sc3ccc([N+](=O)[O-])cc3[N+](=O)[O-])n2C)c2ccccc2c1O. The molecule has 0 atom stereocenters. The Kier molecular flexibility index (Phi) is 21.8. The predicted octanol–water partition coefficient (Wildman–Crippen LogP) is 13.0. The molecular formula is C63H54N12O16S3. The Labute approximate surface area is 546 Å².